The van der Waals surface area contributed by atoms with E-state index >= 15 is 0 Å². The Hall–Kier alpha value is -0.173. The molecular formula is C21H37ClO4Si. The number of ether oxygens (including phenoxy) is 3. The van der Waals surface area contributed by atoms with Crippen LogP contribution in [0.15, 0.2) is 23.8 Å². The summed E-state index contributed by atoms with van der Waals surface area (Å²) in [5.41, 5.74) is 2.09. The first-order valence-electron chi connectivity index (χ1n) is 9.93. The fourth-order valence-corrected chi connectivity index (χ4v) is 4.55. The fraction of sp³-hybridized carbons (Fsp3) is 0.810. The molecule has 156 valence electrons. The van der Waals surface area contributed by atoms with Gasteiger partial charge in [-0.3, -0.25) is 0 Å². The van der Waals surface area contributed by atoms with Crippen molar-refractivity contribution in [2.75, 3.05) is 19.1 Å². The lowest BCUT2D eigenvalue weighted by Gasteiger charge is -2.36. The van der Waals surface area contributed by atoms with Gasteiger partial charge in [0.1, 0.15) is 12.2 Å². The van der Waals surface area contributed by atoms with Gasteiger partial charge in [-0.2, -0.15) is 0 Å². The summed E-state index contributed by atoms with van der Waals surface area (Å²) in [5.74, 6) is -0.162. The van der Waals surface area contributed by atoms with Crippen LogP contribution in [0.3, 0.4) is 0 Å². The smallest absolute Gasteiger partial charge is 0.191 e. The Labute approximate surface area is 171 Å². The molecule has 0 aromatic carbocycles. The van der Waals surface area contributed by atoms with Gasteiger partial charge in [0.25, 0.3) is 0 Å². The van der Waals surface area contributed by atoms with Crippen LogP contribution in [0.2, 0.25) is 18.1 Å². The molecule has 1 saturated carbocycles. The van der Waals surface area contributed by atoms with Crippen molar-refractivity contribution in [1.29, 1.82) is 0 Å². The lowest BCUT2D eigenvalue weighted by atomic mass is 9.84. The normalized spacial score (nSPS) is 30.0. The van der Waals surface area contributed by atoms with Crippen LogP contribution in [0.25, 0.3) is 0 Å². The monoisotopic (exact) mass is 416 g/mol. The van der Waals surface area contributed by atoms with E-state index in [0.717, 1.165) is 30.6 Å². The summed E-state index contributed by atoms with van der Waals surface area (Å²) < 4.78 is 24.7. The topological polar surface area (TPSA) is 36.9 Å². The summed E-state index contributed by atoms with van der Waals surface area (Å²) in [6, 6.07) is 0. The first kappa shape index (κ1) is 23.1. The van der Waals surface area contributed by atoms with Crippen LogP contribution < -0.4 is 0 Å². The van der Waals surface area contributed by atoms with Gasteiger partial charge in [-0.05, 0) is 49.5 Å². The maximum atomic E-state index is 6.24. The van der Waals surface area contributed by atoms with Crippen molar-refractivity contribution in [2.45, 2.75) is 89.7 Å². The molecule has 0 unspecified atom stereocenters. The van der Waals surface area contributed by atoms with Crippen LogP contribution in [0.4, 0.5) is 0 Å². The molecule has 0 bridgehead atoms. The second kappa shape index (κ2) is 8.68. The van der Waals surface area contributed by atoms with Gasteiger partial charge in [0.05, 0.1) is 6.10 Å². The summed E-state index contributed by atoms with van der Waals surface area (Å²) in [7, 11) is -1.70. The number of halogens is 1. The quantitative estimate of drug-likeness (QED) is 0.315. The molecule has 0 N–H and O–H groups in total. The molecule has 0 aromatic rings. The van der Waals surface area contributed by atoms with E-state index in [4.69, 9.17) is 30.2 Å². The van der Waals surface area contributed by atoms with E-state index in [0.29, 0.717) is 12.5 Å². The number of alkyl halides is 1. The van der Waals surface area contributed by atoms with Crippen molar-refractivity contribution < 1.29 is 18.6 Å². The summed E-state index contributed by atoms with van der Waals surface area (Å²) >= 11 is 5.93. The average molecular weight is 417 g/mol. The van der Waals surface area contributed by atoms with Crippen LogP contribution in [0, 0.1) is 0 Å². The highest BCUT2D eigenvalue weighted by molar-refractivity contribution is 6.74. The molecule has 1 aliphatic carbocycles. The third kappa shape index (κ3) is 5.68. The minimum Gasteiger partial charge on any atom is -0.417 e. The second-order valence-corrected chi connectivity index (χ2v) is 14.6. The van der Waals surface area contributed by atoms with E-state index in [9.17, 15) is 0 Å². The largest absolute Gasteiger partial charge is 0.417 e. The van der Waals surface area contributed by atoms with Gasteiger partial charge in [-0.15, -0.1) is 11.6 Å². The van der Waals surface area contributed by atoms with Crippen molar-refractivity contribution in [3.63, 3.8) is 0 Å². The Kier molecular flexibility index (Phi) is 7.43. The summed E-state index contributed by atoms with van der Waals surface area (Å²) in [6.45, 7) is 20.8. The number of fused-ring (bicyclic) bond motifs is 1. The number of hydrogen-bond acceptors (Lipinski definition) is 4. The molecule has 0 aromatic heterocycles. The highest BCUT2D eigenvalue weighted by atomic mass is 35.5. The molecule has 0 radical (unpaired) electrons. The Morgan fingerprint density at radius 1 is 1.26 bits per heavy atom. The van der Waals surface area contributed by atoms with Crippen molar-refractivity contribution in [1.82, 2.24) is 0 Å². The van der Waals surface area contributed by atoms with Gasteiger partial charge >= 0.3 is 0 Å². The number of hydrogen-bond donors (Lipinski definition) is 0. The van der Waals surface area contributed by atoms with Gasteiger partial charge in [0.15, 0.2) is 14.1 Å². The van der Waals surface area contributed by atoms with Gasteiger partial charge < -0.3 is 18.6 Å². The zero-order chi connectivity index (χ0) is 20.5. The summed E-state index contributed by atoms with van der Waals surface area (Å²) in [6.07, 6.45) is 3.30. The molecule has 4 nitrogen and oxygen atoms in total. The minimum atomic E-state index is -1.70. The molecule has 0 amide bonds. The Bertz CT molecular complexity index is 565. The molecule has 2 aliphatic rings. The van der Waals surface area contributed by atoms with Gasteiger partial charge in [-0.25, -0.2) is 0 Å². The zero-order valence-corrected chi connectivity index (χ0v) is 19.8. The molecule has 0 spiro atoms. The molecule has 1 heterocycles. The van der Waals surface area contributed by atoms with Gasteiger partial charge in [0.2, 0.25) is 0 Å². The Morgan fingerprint density at radius 2 is 1.93 bits per heavy atom. The van der Waals surface area contributed by atoms with Crippen molar-refractivity contribution in [3.8, 4) is 0 Å². The first-order valence-corrected chi connectivity index (χ1v) is 13.4. The van der Waals surface area contributed by atoms with Crippen molar-refractivity contribution in [2.24, 2.45) is 0 Å². The van der Waals surface area contributed by atoms with Crippen LogP contribution >= 0.6 is 11.6 Å². The third-order valence-corrected chi connectivity index (χ3v) is 10.6. The van der Waals surface area contributed by atoms with E-state index in [-0.39, 0.29) is 23.4 Å². The van der Waals surface area contributed by atoms with E-state index in [2.05, 4.69) is 40.4 Å². The van der Waals surface area contributed by atoms with E-state index in [1.54, 1.807) is 0 Å². The zero-order valence-electron chi connectivity index (χ0n) is 18.1. The Morgan fingerprint density at radius 3 is 2.52 bits per heavy atom. The number of allylic oxidation sites excluding steroid dienone is 1. The summed E-state index contributed by atoms with van der Waals surface area (Å²) in [4.78, 5) is 0. The Balaban J connectivity index is 1.91. The number of rotatable bonds is 7. The molecule has 1 saturated heterocycles. The maximum Gasteiger partial charge on any atom is 0.191 e. The van der Waals surface area contributed by atoms with Gasteiger partial charge in [-0.1, -0.05) is 33.4 Å². The van der Waals surface area contributed by atoms with Crippen LogP contribution in [-0.4, -0.2) is 51.5 Å². The second-order valence-electron chi connectivity index (χ2n) is 9.51. The molecule has 1 aliphatic heterocycles. The van der Waals surface area contributed by atoms with E-state index in [1.165, 1.54) is 0 Å². The fourth-order valence-electron chi connectivity index (χ4n) is 3.28. The predicted octanol–water partition coefficient (Wildman–Crippen LogP) is 5.43. The van der Waals surface area contributed by atoms with Gasteiger partial charge in [0, 0.05) is 25.5 Å². The highest BCUT2D eigenvalue weighted by Gasteiger charge is 2.50. The first-order chi connectivity index (χ1) is 12.4. The van der Waals surface area contributed by atoms with E-state index < -0.39 is 14.1 Å². The maximum absolute atomic E-state index is 6.24. The lowest BCUT2D eigenvalue weighted by Crippen LogP contribution is -2.43. The molecule has 6 heteroatoms. The third-order valence-electron chi connectivity index (χ3n) is 5.89. The van der Waals surface area contributed by atoms with Crippen LogP contribution in [0.5, 0.6) is 0 Å². The van der Waals surface area contributed by atoms with Crippen molar-refractivity contribution in [3.05, 3.63) is 23.8 Å². The molecule has 27 heavy (non-hydrogen) atoms. The minimum absolute atomic E-state index is 0.0513. The van der Waals surface area contributed by atoms with Crippen LogP contribution in [0.1, 0.15) is 47.5 Å². The molecule has 2 rings (SSSR count). The van der Waals surface area contributed by atoms with Crippen LogP contribution in [-0.2, 0) is 18.6 Å². The SMILES string of the molecule is C=C1/C(=C\CCl)C[C@@H](OCCCO[Si](C)(C)C(C)(C)C)[C@H]2OC(C)(C)O[C@H]12. The van der Waals surface area contributed by atoms with E-state index in [1.807, 2.05) is 19.9 Å². The molecular weight excluding hydrogens is 380 g/mol. The van der Waals surface area contributed by atoms with Crippen molar-refractivity contribution >= 4 is 19.9 Å². The summed E-state index contributed by atoms with van der Waals surface area (Å²) in [5, 5.41) is 0.229. The molecule has 2 fully saturated rings. The lowest BCUT2D eigenvalue weighted by molar-refractivity contribution is -0.157. The standard InChI is InChI=1S/C21H37ClO4Si/c1-15-16(10-11-22)14-17(19-18(15)25-21(5,6)26-19)23-12-9-13-24-27(7,8)20(2,3)4/h10,17-19H,1,9,11-14H2,2-8H3/b16-10-/t17-,18-,19-/m1/s1. The molecule has 3 atom stereocenters. The predicted molar refractivity (Wildman–Crippen MR) is 114 cm³/mol. The highest BCUT2D eigenvalue weighted by Crippen LogP contribution is 2.42. The average Bonchev–Trinajstić information content (AvgIpc) is 2.86.